The molecule has 0 aliphatic carbocycles. The number of hydrogen-bond donors (Lipinski definition) is 2. The number of H-pyrrole nitrogens is 1. The van der Waals surface area contributed by atoms with Crippen molar-refractivity contribution in [3.05, 3.63) is 52.6 Å². The smallest absolute Gasteiger partial charge is 0.268 e. The van der Waals surface area contributed by atoms with Gasteiger partial charge in [0.1, 0.15) is 5.69 Å². The summed E-state index contributed by atoms with van der Waals surface area (Å²) in [6.07, 6.45) is 3.42. The number of aromatic amines is 1. The molecule has 0 aliphatic heterocycles. The lowest BCUT2D eigenvalue weighted by molar-refractivity contribution is 0.0946. The Morgan fingerprint density at radius 1 is 1.47 bits per heavy atom. The number of aromatic nitrogens is 2. The molecule has 3 heterocycles. The van der Waals surface area contributed by atoms with Crippen LogP contribution in [0.3, 0.4) is 0 Å². The number of amides is 1. The highest BCUT2D eigenvalue weighted by atomic mass is 79.9. The monoisotopic (exact) mass is 319 g/mol. The molecule has 3 rings (SSSR count). The number of carbonyl (C=O) groups excluding carboxylic acids is 1. The van der Waals surface area contributed by atoms with E-state index in [-0.39, 0.29) is 5.91 Å². The number of hydrogen-bond acceptors (Lipinski definition) is 3. The van der Waals surface area contributed by atoms with Gasteiger partial charge in [-0.1, -0.05) is 6.07 Å². The van der Waals surface area contributed by atoms with Gasteiger partial charge in [-0.3, -0.25) is 9.78 Å². The molecule has 0 saturated carbocycles. The highest BCUT2D eigenvalue weighted by Crippen LogP contribution is 2.23. The normalized spacial score (nSPS) is 10.8. The molecule has 3 aromatic rings. The molecule has 1 amide bonds. The lowest BCUT2D eigenvalue weighted by atomic mass is 10.3. The number of halogens is 1. The molecule has 0 saturated heterocycles. The summed E-state index contributed by atoms with van der Waals surface area (Å²) in [6, 6.07) is 7.21. The van der Waals surface area contributed by atoms with E-state index in [1.807, 2.05) is 12.1 Å². The summed E-state index contributed by atoms with van der Waals surface area (Å²) in [6.45, 7) is 0.441. The maximum absolute atomic E-state index is 12.0. The molecule has 0 fully saturated rings. The van der Waals surface area contributed by atoms with Crippen LogP contribution in [0.15, 0.2) is 45.7 Å². The van der Waals surface area contributed by atoms with Crippen molar-refractivity contribution in [3.63, 3.8) is 0 Å². The minimum Gasteiger partial charge on any atom is -0.448 e. The Kier molecular flexibility index (Phi) is 3.08. The molecule has 0 spiro atoms. The Morgan fingerprint density at radius 3 is 3.11 bits per heavy atom. The molecule has 0 bridgehead atoms. The maximum Gasteiger partial charge on any atom is 0.268 e. The van der Waals surface area contributed by atoms with Crippen LogP contribution in [-0.2, 0) is 6.54 Å². The van der Waals surface area contributed by atoms with Gasteiger partial charge >= 0.3 is 0 Å². The van der Waals surface area contributed by atoms with E-state index in [0.717, 1.165) is 11.1 Å². The first kappa shape index (κ1) is 12.0. The molecule has 0 aliphatic rings. The Morgan fingerprint density at radius 2 is 2.37 bits per heavy atom. The second-order valence-corrected chi connectivity index (χ2v) is 4.84. The summed E-state index contributed by atoms with van der Waals surface area (Å²) in [5.74, 6) is -0.175. The van der Waals surface area contributed by atoms with Gasteiger partial charge in [0, 0.05) is 31.1 Å². The number of rotatable bonds is 3. The van der Waals surface area contributed by atoms with E-state index in [2.05, 4.69) is 31.2 Å². The first-order chi connectivity index (χ1) is 9.22. The first-order valence-corrected chi connectivity index (χ1v) is 6.47. The van der Waals surface area contributed by atoms with Gasteiger partial charge in [-0.05, 0) is 27.6 Å². The van der Waals surface area contributed by atoms with Crippen LogP contribution in [0.25, 0.3) is 11.1 Å². The van der Waals surface area contributed by atoms with Crippen molar-refractivity contribution in [1.29, 1.82) is 0 Å². The molecular weight excluding hydrogens is 310 g/mol. The number of nitrogens with zero attached hydrogens (tertiary/aromatic N) is 1. The zero-order chi connectivity index (χ0) is 13.2. The lowest BCUT2D eigenvalue weighted by Gasteiger charge is -2.02. The van der Waals surface area contributed by atoms with Gasteiger partial charge in [-0.15, -0.1) is 0 Å². The molecule has 19 heavy (non-hydrogen) atoms. The molecule has 2 N–H and O–H groups in total. The molecule has 96 valence electrons. The van der Waals surface area contributed by atoms with Crippen LogP contribution in [0.5, 0.6) is 0 Å². The fraction of sp³-hybridized carbons (Fsp3) is 0.0769. The molecule has 3 aromatic heterocycles. The van der Waals surface area contributed by atoms with Crippen molar-refractivity contribution in [1.82, 2.24) is 15.3 Å². The maximum atomic E-state index is 12.0. The standard InChI is InChI=1S/C13H10BrN3O2/c14-12-5-9-11(19-12)4-10(17-9)13(18)16-7-8-2-1-3-15-6-8/h1-6,17H,7H2,(H,16,18). The number of fused-ring (bicyclic) bond motifs is 1. The Bertz CT molecular complexity index is 686. The third-order valence-corrected chi connectivity index (χ3v) is 3.09. The van der Waals surface area contributed by atoms with Crippen molar-refractivity contribution in [3.8, 4) is 0 Å². The van der Waals surface area contributed by atoms with Crippen molar-refractivity contribution in [2.45, 2.75) is 6.54 Å². The summed E-state index contributed by atoms with van der Waals surface area (Å²) in [7, 11) is 0. The molecule has 0 radical (unpaired) electrons. The fourth-order valence-corrected chi connectivity index (χ4v) is 2.20. The van der Waals surface area contributed by atoms with Crippen molar-refractivity contribution in [2.24, 2.45) is 0 Å². The van der Waals surface area contributed by atoms with E-state index < -0.39 is 0 Å². The van der Waals surface area contributed by atoms with Gasteiger partial charge in [0.25, 0.3) is 5.91 Å². The van der Waals surface area contributed by atoms with Gasteiger partial charge in [0.05, 0.1) is 5.52 Å². The molecule has 6 heteroatoms. The number of carbonyl (C=O) groups is 1. The number of nitrogens with one attached hydrogen (secondary N) is 2. The average Bonchev–Trinajstić information content (AvgIpc) is 2.94. The van der Waals surface area contributed by atoms with E-state index in [9.17, 15) is 4.79 Å². The lowest BCUT2D eigenvalue weighted by Crippen LogP contribution is -2.23. The Balaban J connectivity index is 1.71. The molecule has 0 unspecified atom stereocenters. The van der Waals surface area contributed by atoms with Gasteiger partial charge in [0.15, 0.2) is 10.3 Å². The van der Waals surface area contributed by atoms with Crippen LogP contribution in [0.2, 0.25) is 0 Å². The molecule has 0 aromatic carbocycles. The van der Waals surface area contributed by atoms with E-state index in [0.29, 0.717) is 22.5 Å². The molecule has 0 atom stereocenters. The van der Waals surface area contributed by atoms with Crippen molar-refractivity contribution < 1.29 is 9.21 Å². The minimum absolute atomic E-state index is 0.175. The van der Waals surface area contributed by atoms with Crippen LogP contribution >= 0.6 is 15.9 Å². The van der Waals surface area contributed by atoms with Crippen molar-refractivity contribution >= 4 is 32.9 Å². The second-order valence-electron chi connectivity index (χ2n) is 4.06. The molecular formula is C13H10BrN3O2. The van der Waals surface area contributed by atoms with E-state index >= 15 is 0 Å². The van der Waals surface area contributed by atoms with Crippen LogP contribution in [-0.4, -0.2) is 15.9 Å². The largest absolute Gasteiger partial charge is 0.448 e. The Labute approximate surface area is 117 Å². The quantitative estimate of drug-likeness (QED) is 0.779. The highest BCUT2D eigenvalue weighted by Gasteiger charge is 2.12. The number of pyridine rings is 1. The van der Waals surface area contributed by atoms with Crippen LogP contribution < -0.4 is 5.32 Å². The SMILES string of the molecule is O=C(NCc1cccnc1)c1cc2oc(Br)cc2[nH]1. The average molecular weight is 320 g/mol. The second kappa shape index (κ2) is 4.89. The van der Waals surface area contributed by atoms with E-state index in [1.54, 1.807) is 24.5 Å². The minimum atomic E-state index is -0.175. The highest BCUT2D eigenvalue weighted by molar-refractivity contribution is 9.10. The van der Waals surface area contributed by atoms with Crippen LogP contribution in [0.1, 0.15) is 16.1 Å². The topological polar surface area (TPSA) is 70.9 Å². The number of furan rings is 1. The van der Waals surface area contributed by atoms with Crippen molar-refractivity contribution in [2.75, 3.05) is 0 Å². The molecule has 5 nitrogen and oxygen atoms in total. The van der Waals surface area contributed by atoms with Gasteiger partial charge < -0.3 is 14.7 Å². The third kappa shape index (κ3) is 2.53. The van der Waals surface area contributed by atoms with Gasteiger partial charge in [0.2, 0.25) is 0 Å². The third-order valence-electron chi connectivity index (χ3n) is 2.70. The van der Waals surface area contributed by atoms with Gasteiger partial charge in [-0.25, -0.2) is 0 Å². The summed E-state index contributed by atoms with van der Waals surface area (Å²) in [4.78, 5) is 18.9. The Hall–Kier alpha value is -2.08. The summed E-state index contributed by atoms with van der Waals surface area (Å²) < 4.78 is 5.99. The van der Waals surface area contributed by atoms with E-state index in [4.69, 9.17) is 4.42 Å². The van der Waals surface area contributed by atoms with Crippen LogP contribution in [0.4, 0.5) is 0 Å². The fourth-order valence-electron chi connectivity index (χ4n) is 1.79. The zero-order valence-electron chi connectivity index (χ0n) is 9.81. The first-order valence-electron chi connectivity index (χ1n) is 5.67. The van der Waals surface area contributed by atoms with E-state index in [1.165, 1.54) is 0 Å². The van der Waals surface area contributed by atoms with Gasteiger partial charge in [-0.2, -0.15) is 0 Å². The van der Waals surface area contributed by atoms with Crippen LogP contribution in [0, 0.1) is 0 Å². The predicted octanol–water partition coefficient (Wildman–Crippen LogP) is 2.85. The summed E-state index contributed by atoms with van der Waals surface area (Å²) >= 11 is 3.23. The predicted molar refractivity (Wildman–Crippen MR) is 73.7 cm³/mol. The summed E-state index contributed by atoms with van der Waals surface area (Å²) in [5, 5.41) is 2.82. The zero-order valence-corrected chi connectivity index (χ0v) is 11.4. The summed E-state index contributed by atoms with van der Waals surface area (Å²) in [5.41, 5.74) is 2.87.